The van der Waals surface area contributed by atoms with E-state index < -0.39 is 18.8 Å². The summed E-state index contributed by atoms with van der Waals surface area (Å²) in [5.41, 5.74) is 0.154. The summed E-state index contributed by atoms with van der Waals surface area (Å²) in [6.45, 7) is 0.945. The van der Waals surface area contributed by atoms with Gasteiger partial charge in [-0.15, -0.1) is 0 Å². The van der Waals surface area contributed by atoms with E-state index in [2.05, 4.69) is 5.32 Å². The molecule has 0 aliphatic heterocycles. The first-order valence-corrected chi connectivity index (χ1v) is 7.32. The van der Waals surface area contributed by atoms with Crippen LogP contribution in [0.1, 0.15) is 19.8 Å². The van der Waals surface area contributed by atoms with Gasteiger partial charge in [-0.05, 0) is 18.6 Å². The molecule has 0 heterocycles. The van der Waals surface area contributed by atoms with Gasteiger partial charge in [0.15, 0.2) is 6.61 Å². The van der Waals surface area contributed by atoms with E-state index >= 15 is 0 Å². The van der Waals surface area contributed by atoms with Crippen molar-refractivity contribution >= 4 is 11.7 Å². The number of alkyl halides is 3. The normalized spacial score (nSPS) is 11.2. The molecule has 0 saturated carbocycles. The van der Waals surface area contributed by atoms with Gasteiger partial charge in [-0.3, -0.25) is 0 Å². The third kappa shape index (κ3) is 7.23. The number of amides is 2. The van der Waals surface area contributed by atoms with Crippen molar-refractivity contribution in [3.05, 3.63) is 24.3 Å². The number of ether oxygens (including phenoxy) is 1. The number of aliphatic hydroxyl groups excluding tert-OH is 1. The van der Waals surface area contributed by atoms with Crippen molar-refractivity contribution in [1.82, 2.24) is 4.90 Å². The molecule has 1 aromatic carbocycles. The highest BCUT2D eigenvalue weighted by molar-refractivity contribution is 5.91. The van der Waals surface area contributed by atoms with E-state index in [1.807, 2.05) is 6.92 Å². The van der Waals surface area contributed by atoms with Crippen LogP contribution in [0.3, 0.4) is 0 Å². The maximum absolute atomic E-state index is 12.3. The number of rotatable bonds is 8. The lowest BCUT2D eigenvalue weighted by Crippen LogP contribution is -2.37. The fourth-order valence-electron chi connectivity index (χ4n) is 1.83. The highest BCUT2D eigenvalue weighted by atomic mass is 19.4. The van der Waals surface area contributed by atoms with E-state index in [1.54, 1.807) is 6.07 Å². The second kappa shape index (κ2) is 9.24. The fourth-order valence-corrected chi connectivity index (χ4v) is 1.83. The fraction of sp³-hybridized carbons (Fsp3) is 0.533. The van der Waals surface area contributed by atoms with Gasteiger partial charge in [0, 0.05) is 13.1 Å². The second-order valence-corrected chi connectivity index (χ2v) is 4.89. The van der Waals surface area contributed by atoms with Crippen LogP contribution >= 0.6 is 0 Å². The van der Waals surface area contributed by atoms with Crippen LogP contribution in [-0.2, 0) is 0 Å². The average Bonchev–Trinajstić information content (AvgIpc) is 2.49. The van der Waals surface area contributed by atoms with E-state index in [0.29, 0.717) is 6.54 Å². The molecule has 0 aliphatic rings. The molecule has 8 heteroatoms. The van der Waals surface area contributed by atoms with Crippen LogP contribution in [0.15, 0.2) is 24.3 Å². The van der Waals surface area contributed by atoms with Gasteiger partial charge in [0.05, 0.1) is 12.3 Å². The Kier molecular flexibility index (Phi) is 7.67. The van der Waals surface area contributed by atoms with Gasteiger partial charge in [0.2, 0.25) is 0 Å². The molecule has 0 spiro atoms. The summed E-state index contributed by atoms with van der Waals surface area (Å²) >= 11 is 0. The maximum Gasteiger partial charge on any atom is 0.422 e. The van der Waals surface area contributed by atoms with Gasteiger partial charge in [-0.1, -0.05) is 25.5 Å². The molecule has 23 heavy (non-hydrogen) atoms. The highest BCUT2D eigenvalue weighted by Crippen LogP contribution is 2.26. The minimum absolute atomic E-state index is 0.0578. The van der Waals surface area contributed by atoms with Crippen LogP contribution in [0.25, 0.3) is 0 Å². The largest absolute Gasteiger partial charge is 0.482 e. The summed E-state index contributed by atoms with van der Waals surface area (Å²) in [5.74, 6) is -0.0578. The Bertz CT molecular complexity index is 495. The minimum atomic E-state index is -4.46. The number of anilines is 1. The van der Waals surface area contributed by atoms with Crippen LogP contribution in [-0.4, -0.2) is 48.5 Å². The van der Waals surface area contributed by atoms with E-state index in [-0.39, 0.29) is 24.6 Å². The second-order valence-electron chi connectivity index (χ2n) is 4.89. The van der Waals surface area contributed by atoms with Crippen LogP contribution in [0.2, 0.25) is 0 Å². The third-order valence-corrected chi connectivity index (χ3v) is 2.96. The van der Waals surface area contributed by atoms with Crippen molar-refractivity contribution in [2.75, 3.05) is 31.6 Å². The molecule has 2 N–H and O–H groups in total. The molecule has 0 aliphatic carbocycles. The summed E-state index contributed by atoms with van der Waals surface area (Å²) in [5, 5.41) is 11.5. The molecule has 0 atom stereocenters. The Balaban J connectivity index is 2.76. The number of carbonyl (C=O) groups is 1. The van der Waals surface area contributed by atoms with Crippen molar-refractivity contribution in [3.8, 4) is 5.75 Å². The Morgan fingerprint density at radius 2 is 2.00 bits per heavy atom. The average molecular weight is 334 g/mol. The van der Waals surface area contributed by atoms with Crippen LogP contribution in [0.5, 0.6) is 5.75 Å². The SMILES string of the molecule is CCCCN(CCO)C(=O)Nc1ccccc1OCC(F)(F)F. The monoisotopic (exact) mass is 334 g/mol. The number of nitrogens with one attached hydrogen (secondary N) is 1. The Labute approximate surface area is 133 Å². The predicted octanol–water partition coefficient (Wildman–Crippen LogP) is 3.25. The number of unbranched alkanes of at least 4 members (excludes halogenated alkanes) is 1. The first-order chi connectivity index (χ1) is 10.9. The van der Waals surface area contributed by atoms with Gasteiger partial charge < -0.3 is 20.1 Å². The number of halogens is 3. The summed E-state index contributed by atoms with van der Waals surface area (Å²) in [4.78, 5) is 13.6. The molecule has 0 radical (unpaired) electrons. The van der Waals surface area contributed by atoms with Crippen molar-refractivity contribution in [3.63, 3.8) is 0 Å². The number of aliphatic hydroxyl groups is 1. The molecule has 1 rings (SSSR count). The zero-order chi connectivity index (χ0) is 17.3. The van der Waals surface area contributed by atoms with E-state index in [9.17, 15) is 18.0 Å². The van der Waals surface area contributed by atoms with Crippen LogP contribution in [0, 0.1) is 0 Å². The number of benzene rings is 1. The topological polar surface area (TPSA) is 61.8 Å². The first kappa shape index (κ1) is 19.1. The van der Waals surface area contributed by atoms with Crippen molar-refractivity contribution in [2.45, 2.75) is 25.9 Å². The molecule has 0 unspecified atom stereocenters. The predicted molar refractivity (Wildman–Crippen MR) is 80.6 cm³/mol. The number of nitrogens with zero attached hydrogens (tertiary/aromatic N) is 1. The minimum Gasteiger partial charge on any atom is -0.482 e. The van der Waals surface area contributed by atoms with Gasteiger partial charge in [-0.25, -0.2) is 4.79 Å². The molecular formula is C15H21F3N2O3. The number of para-hydroxylation sites is 2. The number of hydrogen-bond acceptors (Lipinski definition) is 3. The number of hydrogen-bond donors (Lipinski definition) is 2. The lowest BCUT2D eigenvalue weighted by molar-refractivity contribution is -0.153. The van der Waals surface area contributed by atoms with Gasteiger partial charge in [0.1, 0.15) is 5.75 Å². The van der Waals surface area contributed by atoms with Gasteiger partial charge in [0.25, 0.3) is 0 Å². The van der Waals surface area contributed by atoms with Crippen molar-refractivity contribution in [2.24, 2.45) is 0 Å². The molecule has 130 valence electrons. The molecule has 0 saturated heterocycles. The summed E-state index contributed by atoms with van der Waals surface area (Å²) in [6, 6.07) is 5.42. The zero-order valence-corrected chi connectivity index (χ0v) is 12.9. The van der Waals surface area contributed by atoms with Crippen molar-refractivity contribution < 1.29 is 27.8 Å². The first-order valence-electron chi connectivity index (χ1n) is 7.32. The maximum atomic E-state index is 12.3. The molecule has 1 aromatic rings. The zero-order valence-electron chi connectivity index (χ0n) is 12.9. The smallest absolute Gasteiger partial charge is 0.422 e. The van der Waals surface area contributed by atoms with E-state index in [0.717, 1.165) is 12.8 Å². The number of carbonyl (C=O) groups excluding carboxylic acids is 1. The van der Waals surface area contributed by atoms with E-state index in [4.69, 9.17) is 9.84 Å². The molecule has 0 aromatic heterocycles. The lowest BCUT2D eigenvalue weighted by Gasteiger charge is -2.23. The summed E-state index contributed by atoms with van der Waals surface area (Å²) < 4.78 is 41.5. The molecule has 0 fully saturated rings. The lowest BCUT2D eigenvalue weighted by atomic mass is 10.3. The molecule has 0 bridgehead atoms. The Hall–Kier alpha value is -1.96. The quantitative estimate of drug-likeness (QED) is 0.767. The molecule has 5 nitrogen and oxygen atoms in total. The summed E-state index contributed by atoms with van der Waals surface area (Å²) in [7, 11) is 0. The van der Waals surface area contributed by atoms with Gasteiger partial charge >= 0.3 is 12.2 Å². The van der Waals surface area contributed by atoms with Gasteiger partial charge in [-0.2, -0.15) is 13.2 Å². The molecular weight excluding hydrogens is 313 g/mol. The summed E-state index contributed by atoms with van der Waals surface area (Å²) in [6.07, 6.45) is -2.82. The Morgan fingerprint density at radius 1 is 1.30 bits per heavy atom. The molecule has 2 amide bonds. The van der Waals surface area contributed by atoms with E-state index in [1.165, 1.54) is 23.1 Å². The standard InChI is InChI=1S/C15H21F3N2O3/c1-2-3-8-20(9-10-21)14(22)19-12-6-4-5-7-13(12)23-11-15(16,17)18/h4-7,21H,2-3,8-11H2,1H3,(H,19,22). The number of urea groups is 1. The van der Waals surface area contributed by atoms with Crippen LogP contribution < -0.4 is 10.1 Å². The van der Waals surface area contributed by atoms with Crippen molar-refractivity contribution in [1.29, 1.82) is 0 Å². The Morgan fingerprint density at radius 3 is 2.61 bits per heavy atom. The third-order valence-electron chi connectivity index (χ3n) is 2.96. The van der Waals surface area contributed by atoms with Crippen LogP contribution in [0.4, 0.5) is 23.7 Å². The highest BCUT2D eigenvalue weighted by Gasteiger charge is 2.29.